The molecule has 1 aromatic carbocycles. The lowest BCUT2D eigenvalue weighted by Crippen LogP contribution is -2.38. The molecule has 144 valence electrons. The van der Waals surface area contributed by atoms with Crippen molar-refractivity contribution >= 4 is 33.3 Å². The second-order valence-electron chi connectivity index (χ2n) is 6.15. The highest BCUT2D eigenvalue weighted by Gasteiger charge is 2.29. The number of sulfone groups is 1. The first-order valence-electron chi connectivity index (χ1n) is 8.10. The van der Waals surface area contributed by atoms with Crippen molar-refractivity contribution in [3.05, 3.63) is 40.7 Å². The van der Waals surface area contributed by atoms with Gasteiger partial charge in [-0.3, -0.25) is 4.79 Å². The third-order valence-electron chi connectivity index (χ3n) is 3.95. The molecule has 1 saturated heterocycles. The minimum absolute atomic E-state index is 0.0220. The summed E-state index contributed by atoms with van der Waals surface area (Å²) in [4.78, 5) is 25.3. The van der Waals surface area contributed by atoms with Gasteiger partial charge >= 0.3 is 5.97 Å². The highest BCUT2D eigenvalue weighted by Crippen LogP contribution is 2.15. The van der Waals surface area contributed by atoms with E-state index >= 15 is 0 Å². The van der Waals surface area contributed by atoms with Gasteiger partial charge in [-0.1, -0.05) is 17.7 Å². The number of nitrogens with zero attached hydrogens (tertiary/aromatic N) is 3. The number of benzene rings is 1. The molecule has 1 fully saturated rings. The van der Waals surface area contributed by atoms with Crippen molar-refractivity contribution in [3.63, 3.8) is 0 Å². The predicted octanol–water partition coefficient (Wildman–Crippen LogP) is 0.689. The zero-order chi connectivity index (χ0) is 19.6. The SMILES string of the molecule is Cc1nn(-c2cccc(Cl)c2)nc1C(=O)OCC(=O)N[C@H]1CCS(=O)(=O)C1. The molecule has 3 rings (SSSR count). The Bertz CT molecular complexity index is 988. The summed E-state index contributed by atoms with van der Waals surface area (Å²) in [5.41, 5.74) is 0.887. The fraction of sp³-hybridized carbons (Fsp3) is 0.375. The number of halogens is 1. The van der Waals surface area contributed by atoms with Crippen molar-refractivity contribution in [2.24, 2.45) is 0 Å². The van der Waals surface area contributed by atoms with Gasteiger partial charge in [-0.05, 0) is 31.5 Å². The summed E-state index contributed by atoms with van der Waals surface area (Å²) in [6.07, 6.45) is 0.356. The number of rotatable bonds is 5. The molecule has 9 nitrogen and oxygen atoms in total. The van der Waals surface area contributed by atoms with Crippen molar-refractivity contribution < 1.29 is 22.7 Å². The molecular weight excluding hydrogens is 396 g/mol. The number of aromatic nitrogens is 3. The molecule has 2 aromatic rings. The Morgan fingerprint density at radius 2 is 2.15 bits per heavy atom. The lowest BCUT2D eigenvalue weighted by Gasteiger charge is -2.10. The van der Waals surface area contributed by atoms with Crippen molar-refractivity contribution in [1.29, 1.82) is 0 Å². The molecule has 2 heterocycles. The number of nitrogens with one attached hydrogen (secondary N) is 1. The summed E-state index contributed by atoms with van der Waals surface area (Å²) in [6, 6.07) is 6.33. The standard InChI is InChI=1S/C16H17ClN4O5S/c1-10-15(20-21(19-10)13-4-2-3-11(17)7-13)16(23)26-8-14(22)18-12-5-6-27(24,25)9-12/h2-4,7,12H,5-6,8-9H2,1H3,(H,18,22)/t12-/m0/s1. The van der Waals surface area contributed by atoms with Crippen LogP contribution < -0.4 is 5.32 Å². The molecular formula is C16H17ClN4O5S. The van der Waals surface area contributed by atoms with Gasteiger partial charge in [-0.2, -0.15) is 9.90 Å². The maximum atomic E-state index is 12.2. The number of ether oxygens (including phenoxy) is 1. The van der Waals surface area contributed by atoms with Crippen LogP contribution in [0.1, 0.15) is 22.6 Å². The molecule has 0 unspecified atom stereocenters. The lowest BCUT2D eigenvalue weighted by atomic mass is 10.2. The normalized spacial score (nSPS) is 18.2. The van der Waals surface area contributed by atoms with E-state index in [0.717, 1.165) is 0 Å². The lowest BCUT2D eigenvalue weighted by molar-refractivity contribution is -0.124. The summed E-state index contributed by atoms with van der Waals surface area (Å²) in [5, 5.41) is 11.3. The minimum Gasteiger partial charge on any atom is -0.451 e. The molecule has 0 radical (unpaired) electrons. The maximum Gasteiger partial charge on any atom is 0.361 e. The van der Waals surface area contributed by atoms with E-state index in [1.54, 1.807) is 31.2 Å². The summed E-state index contributed by atoms with van der Waals surface area (Å²) in [6.45, 7) is 1.06. The summed E-state index contributed by atoms with van der Waals surface area (Å²) >= 11 is 5.93. The zero-order valence-electron chi connectivity index (χ0n) is 14.4. The number of carbonyl (C=O) groups is 2. The van der Waals surface area contributed by atoms with Crippen molar-refractivity contribution in [3.8, 4) is 5.69 Å². The first-order chi connectivity index (χ1) is 12.7. The second-order valence-corrected chi connectivity index (χ2v) is 8.81. The van der Waals surface area contributed by atoms with E-state index in [1.165, 1.54) is 4.80 Å². The van der Waals surface area contributed by atoms with Crippen molar-refractivity contribution in [2.75, 3.05) is 18.1 Å². The van der Waals surface area contributed by atoms with Crippen LogP contribution in [0.4, 0.5) is 0 Å². The zero-order valence-corrected chi connectivity index (χ0v) is 16.0. The monoisotopic (exact) mass is 412 g/mol. The van der Waals surface area contributed by atoms with Crippen LogP contribution in [0.15, 0.2) is 24.3 Å². The molecule has 0 saturated carbocycles. The molecule has 11 heteroatoms. The first-order valence-corrected chi connectivity index (χ1v) is 10.3. The third kappa shape index (κ3) is 4.83. The molecule has 0 spiro atoms. The Labute approximate surface area is 160 Å². The molecule has 0 aliphatic carbocycles. The summed E-state index contributed by atoms with van der Waals surface area (Å²) < 4.78 is 27.7. The van der Waals surface area contributed by atoms with E-state index in [0.29, 0.717) is 22.8 Å². The summed E-state index contributed by atoms with van der Waals surface area (Å²) in [7, 11) is -3.10. The average molecular weight is 413 g/mol. The molecule has 1 aliphatic rings. The van der Waals surface area contributed by atoms with E-state index in [1.807, 2.05) is 0 Å². The largest absolute Gasteiger partial charge is 0.451 e. The van der Waals surface area contributed by atoms with Crippen molar-refractivity contribution in [1.82, 2.24) is 20.3 Å². The Balaban J connectivity index is 1.59. The van der Waals surface area contributed by atoms with Gasteiger partial charge in [-0.25, -0.2) is 13.2 Å². The number of amides is 1. The Hall–Kier alpha value is -2.46. The van der Waals surface area contributed by atoms with Crippen LogP contribution in [0, 0.1) is 6.92 Å². The average Bonchev–Trinajstić information content (AvgIpc) is 3.15. The van der Waals surface area contributed by atoms with Gasteiger partial charge in [0.2, 0.25) is 0 Å². The van der Waals surface area contributed by atoms with E-state index in [9.17, 15) is 18.0 Å². The van der Waals surface area contributed by atoms with E-state index in [2.05, 4.69) is 15.5 Å². The second kappa shape index (κ2) is 7.65. The van der Waals surface area contributed by atoms with Crippen LogP contribution in [-0.2, 0) is 19.4 Å². The number of hydrogen-bond acceptors (Lipinski definition) is 7. The molecule has 0 bridgehead atoms. The quantitative estimate of drug-likeness (QED) is 0.717. The number of carbonyl (C=O) groups excluding carboxylic acids is 2. The maximum absolute atomic E-state index is 12.2. The number of aryl methyl sites for hydroxylation is 1. The van der Waals surface area contributed by atoms with Crippen LogP contribution in [0.3, 0.4) is 0 Å². The van der Waals surface area contributed by atoms with Crippen LogP contribution in [0.2, 0.25) is 5.02 Å². The van der Waals surface area contributed by atoms with E-state index in [-0.39, 0.29) is 17.2 Å². The van der Waals surface area contributed by atoms with Crippen LogP contribution >= 0.6 is 11.6 Å². The first kappa shape index (κ1) is 19.3. The topological polar surface area (TPSA) is 120 Å². The van der Waals surface area contributed by atoms with Gasteiger partial charge in [0.25, 0.3) is 5.91 Å². The smallest absolute Gasteiger partial charge is 0.361 e. The highest BCUT2D eigenvalue weighted by molar-refractivity contribution is 7.91. The molecule has 1 aromatic heterocycles. The van der Waals surface area contributed by atoms with Crippen LogP contribution in [0.25, 0.3) is 5.69 Å². The van der Waals surface area contributed by atoms with Gasteiger partial charge in [-0.15, -0.1) is 5.10 Å². The van der Waals surface area contributed by atoms with Gasteiger partial charge in [0.05, 0.1) is 22.9 Å². The van der Waals surface area contributed by atoms with Gasteiger partial charge in [0, 0.05) is 11.1 Å². The molecule has 1 atom stereocenters. The summed E-state index contributed by atoms with van der Waals surface area (Å²) in [5.74, 6) is -1.41. The van der Waals surface area contributed by atoms with Crippen LogP contribution in [0.5, 0.6) is 0 Å². The highest BCUT2D eigenvalue weighted by atomic mass is 35.5. The Morgan fingerprint density at radius 1 is 1.37 bits per heavy atom. The predicted molar refractivity (Wildman–Crippen MR) is 96.6 cm³/mol. The van der Waals surface area contributed by atoms with Gasteiger partial charge < -0.3 is 10.1 Å². The van der Waals surface area contributed by atoms with Gasteiger partial charge in [0.15, 0.2) is 22.1 Å². The Morgan fingerprint density at radius 3 is 2.81 bits per heavy atom. The van der Waals surface area contributed by atoms with Crippen LogP contribution in [-0.4, -0.2) is 59.4 Å². The van der Waals surface area contributed by atoms with E-state index < -0.39 is 34.4 Å². The van der Waals surface area contributed by atoms with E-state index in [4.69, 9.17) is 16.3 Å². The fourth-order valence-corrected chi connectivity index (χ4v) is 4.52. The Kier molecular flexibility index (Phi) is 5.47. The number of esters is 1. The third-order valence-corrected chi connectivity index (χ3v) is 5.95. The molecule has 1 amide bonds. The molecule has 1 aliphatic heterocycles. The molecule has 1 N–H and O–H groups in total. The fourth-order valence-electron chi connectivity index (χ4n) is 2.66. The molecule has 27 heavy (non-hydrogen) atoms. The minimum atomic E-state index is -3.10. The van der Waals surface area contributed by atoms with Crippen molar-refractivity contribution in [2.45, 2.75) is 19.4 Å². The van der Waals surface area contributed by atoms with Gasteiger partial charge in [0.1, 0.15) is 0 Å². The number of hydrogen-bond donors (Lipinski definition) is 1.